The average molecular weight is 164 g/mol. The van der Waals surface area contributed by atoms with Crippen LogP contribution in [0, 0.1) is 0 Å². The first kappa shape index (κ1) is 9.97. The lowest BCUT2D eigenvalue weighted by Crippen LogP contribution is -2.14. The van der Waals surface area contributed by atoms with E-state index in [1.807, 2.05) is 0 Å². The third kappa shape index (κ3) is 6.10. The molecule has 1 unspecified atom stereocenters. The Balaban J connectivity index is 2.95. The molecule has 3 nitrogen and oxygen atoms in total. The van der Waals surface area contributed by atoms with E-state index >= 15 is 0 Å². The van der Waals surface area contributed by atoms with Crippen LogP contribution in [0.15, 0.2) is 12.7 Å². The number of aliphatic hydroxyl groups excluding tert-OH is 2. The number of aliphatic hydroxyl groups is 2. The second kappa shape index (κ2) is 7.08. The average Bonchev–Trinajstić information content (AvgIpc) is 1.98. The van der Waals surface area contributed by atoms with Gasteiger partial charge in [0, 0.05) is 5.75 Å². The van der Waals surface area contributed by atoms with Crippen molar-refractivity contribution in [1.82, 2.24) is 0 Å². The van der Waals surface area contributed by atoms with Crippen LogP contribution < -0.4 is 0 Å². The molecular formula is C6H12O3S. The minimum atomic E-state index is -0.685. The van der Waals surface area contributed by atoms with Gasteiger partial charge in [-0.05, 0) is 12.0 Å². The van der Waals surface area contributed by atoms with Gasteiger partial charge in [0.2, 0.25) is 0 Å². The van der Waals surface area contributed by atoms with E-state index in [1.54, 1.807) is 6.08 Å². The van der Waals surface area contributed by atoms with Gasteiger partial charge in [0.25, 0.3) is 0 Å². The quantitative estimate of drug-likeness (QED) is 0.334. The van der Waals surface area contributed by atoms with Gasteiger partial charge in [-0.25, -0.2) is 0 Å². The molecule has 0 fully saturated rings. The molecule has 0 aromatic rings. The van der Waals surface area contributed by atoms with Crippen LogP contribution in [0.5, 0.6) is 0 Å². The molecule has 0 aliphatic carbocycles. The van der Waals surface area contributed by atoms with Crippen molar-refractivity contribution in [1.29, 1.82) is 0 Å². The zero-order chi connectivity index (χ0) is 7.82. The molecule has 0 aliphatic heterocycles. The van der Waals surface area contributed by atoms with Gasteiger partial charge in [-0.3, -0.25) is 0 Å². The molecule has 0 radical (unpaired) electrons. The lowest BCUT2D eigenvalue weighted by atomic mass is 10.4. The van der Waals surface area contributed by atoms with Crippen LogP contribution in [0.3, 0.4) is 0 Å². The van der Waals surface area contributed by atoms with Gasteiger partial charge in [0.1, 0.15) is 0 Å². The molecule has 0 bridgehead atoms. The van der Waals surface area contributed by atoms with Crippen molar-refractivity contribution in [3.63, 3.8) is 0 Å². The minimum Gasteiger partial charge on any atom is -0.394 e. The Hall–Kier alpha value is -0.0300. The lowest BCUT2D eigenvalue weighted by molar-refractivity contribution is 0.112. The Morgan fingerprint density at radius 2 is 2.40 bits per heavy atom. The van der Waals surface area contributed by atoms with Crippen molar-refractivity contribution in [2.45, 2.75) is 6.10 Å². The number of hydrogen-bond acceptors (Lipinski definition) is 4. The van der Waals surface area contributed by atoms with Crippen molar-refractivity contribution >= 4 is 12.0 Å². The first-order valence-electron chi connectivity index (χ1n) is 2.95. The summed E-state index contributed by atoms with van der Waals surface area (Å²) in [4.78, 5) is 0. The topological polar surface area (TPSA) is 49.7 Å². The van der Waals surface area contributed by atoms with Gasteiger partial charge >= 0.3 is 0 Å². The molecule has 0 rings (SSSR count). The first-order valence-corrected chi connectivity index (χ1v) is 3.86. The summed E-state index contributed by atoms with van der Waals surface area (Å²) in [7, 11) is 0. The molecule has 10 heavy (non-hydrogen) atoms. The maximum absolute atomic E-state index is 8.78. The molecule has 0 aliphatic rings. The highest BCUT2D eigenvalue weighted by Crippen LogP contribution is 2.03. The largest absolute Gasteiger partial charge is 0.394 e. The lowest BCUT2D eigenvalue weighted by Gasteiger charge is -2.04. The fraction of sp³-hybridized carbons (Fsp3) is 0.667. The second-order valence-corrected chi connectivity index (χ2v) is 2.50. The molecule has 0 aromatic heterocycles. The van der Waals surface area contributed by atoms with E-state index < -0.39 is 6.10 Å². The van der Waals surface area contributed by atoms with Gasteiger partial charge in [-0.1, -0.05) is 6.08 Å². The Labute approximate surface area is 64.9 Å². The smallest absolute Gasteiger partial charge is 0.0883 e. The van der Waals surface area contributed by atoms with E-state index in [9.17, 15) is 0 Å². The fourth-order valence-electron chi connectivity index (χ4n) is 0.276. The normalized spacial score (nSPS) is 13.0. The minimum absolute atomic E-state index is 0.218. The predicted octanol–water partition coefficient (Wildman–Crippen LogP) is 0.190. The summed E-state index contributed by atoms with van der Waals surface area (Å²) >= 11 is 1.13. The summed E-state index contributed by atoms with van der Waals surface area (Å²) in [6.07, 6.45) is 0.938. The van der Waals surface area contributed by atoms with Crippen LogP contribution in [0.1, 0.15) is 0 Å². The molecule has 0 saturated heterocycles. The van der Waals surface area contributed by atoms with Crippen molar-refractivity contribution in [3.8, 4) is 0 Å². The van der Waals surface area contributed by atoms with E-state index in [0.29, 0.717) is 12.4 Å². The van der Waals surface area contributed by atoms with Gasteiger partial charge in [0.05, 0.1) is 19.3 Å². The zero-order valence-electron chi connectivity index (χ0n) is 5.69. The molecule has 1 atom stereocenters. The summed E-state index contributed by atoms with van der Waals surface area (Å²) in [5.41, 5.74) is 0. The van der Waals surface area contributed by atoms with Crippen LogP contribution in [0.2, 0.25) is 0 Å². The Bertz CT molecular complexity index is 87.1. The number of rotatable bonds is 6. The molecule has 0 amide bonds. The molecule has 0 saturated carbocycles. The third-order valence-corrected chi connectivity index (χ3v) is 1.56. The van der Waals surface area contributed by atoms with E-state index in [1.165, 1.54) is 0 Å². The summed E-state index contributed by atoms with van der Waals surface area (Å²) < 4.78 is 4.88. The summed E-state index contributed by atoms with van der Waals surface area (Å²) in [6, 6.07) is 0. The monoisotopic (exact) mass is 164 g/mol. The molecular weight excluding hydrogens is 152 g/mol. The summed E-state index contributed by atoms with van der Waals surface area (Å²) in [5, 5.41) is 17.1. The highest BCUT2D eigenvalue weighted by molar-refractivity contribution is 7.94. The SMILES string of the molecule is C=CCOSCC(O)CO. The molecule has 0 heterocycles. The number of hydrogen-bond donors (Lipinski definition) is 2. The fourth-order valence-corrected chi connectivity index (χ4v) is 0.827. The highest BCUT2D eigenvalue weighted by Gasteiger charge is 2.00. The Kier molecular flexibility index (Phi) is 7.06. The van der Waals surface area contributed by atoms with Crippen molar-refractivity contribution < 1.29 is 14.4 Å². The molecule has 2 N–H and O–H groups in total. The maximum atomic E-state index is 8.78. The van der Waals surface area contributed by atoms with Crippen LogP contribution in [-0.2, 0) is 4.18 Å². The molecule has 0 spiro atoms. The summed E-state index contributed by atoms with van der Waals surface area (Å²) in [6.45, 7) is 3.69. The van der Waals surface area contributed by atoms with Crippen LogP contribution in [0.25, 0.3) is 0 Å². The van der Waals surface area contributed by atoms with Gasteiger partial charge in [-0.2, -0.15) is 0 Å². The Morgan fingerprint density at radius 3 is 2.90 bits per heavy atom. The Morgan fingerprint density at radius 1 is 1.70 bits per heavy atom. The van der Waals surface area contributed by atoms with E-state index in [-0.39, 0.29) is 6.61 Å². The van der Waals surface area contributed by atoms with Crippen molar-refractivity contribution in [2.75, 3.05) is 19.0 Å². The predicted molar refractivity (Wildman–Crippen MR) is 41.7 cm³/mol. The molecule has 60 valence electrons. The maximum Gasteiger partial charge on any atom is 0.0883 e. The van der Waals surface area contributed by atoms with Crippen LogP contribution >= 0.6 is 12.0 Å². The van der Waals surface area contributed by atoms with Crippen molar-refractivity contribution in [2.24, 2.45) is 0 Å². The third-order valence-electron chi connectivity index (χ3n) is 0.740. The van der Waals surface area contributed by atoms with E-state index in [0.717, 1.165) is 12.0 Å². The second-order valence-electron chi connectivity index (χ2n) is 1.69. The zero-order valence-corrected chi connectivity index (χ0v) is 6.51. The van der Waals surface area contributed by atoms with Crippen molar-refractivity contribution in [3.05, 3.63) is 12.7 Å². The molecule has 0 aromatic carbocycles. The van der Waals surface area contributed by atoms with E-state index in [2.05, 4.69) is 6.58 Å². The molecule has 4 heteroatoms. The standard InChI is InChI=1S/C6H12O3S/c1-2-3-9-10-5-6(8)4-7/h2,6-8H,1,3-5H2. The highest BCUT2D eigenvalue weighted by atomic mass is 32.2. The van der Waals surface area contributed by atoms with Gasteiger partial charge in [-0.15, -0.1) is 6.58 Å². The van der Waals surface area contributed by atoms with E-state index in [4.69, 9.17) is 14.4 Å². The van der Waals surface area contributed by atoms with Gasteiger partial charge in [0.15, 0.2) is 0 Å². The van der Waals surface area contributed by atoms with Gasteiger partial charge < -0.3 is 14.4 Å². The van der Waals surface area contributed by atoms with Crippen LogP contribution in [0.4, 0.5) is 0 Å². The van der Waals surface area contributed by atoms with Crippen LogP contribution in [-0.4, -0.2) is 35.3 Å². The summed E-state index contributed by atoms with van der Waals surface area (Å²) in [5.74, 6) is 0.393. The first-order chi connectivity index (χ1) is 4.81.